The van der Waals surface area contributed by atoms with E-state index in [2.05, 4.69) is 4.74 Å². The van der Waals surface area contributed by atoms with Crippen molar-refractivity contribution in [1.82, 2.24) is 4.57 Å². The molecular weight excluding hydrogens is 341 g/mol. The molecule has 0 aromatic carbocycles. The number of carbonyl (C=O) groups is 2. The third kappa shape index (κ3) is 5.18. The van der Waals surface area contributed by atoms with Crippen LogP contribution >= 0.6 is 34.8 Å². The zero-order chi connectivity index (χ0) is 16.2. The number of esters is 1. The lowest BCUT2D eigenvalue weighted by atomic mass is 10.2. The van der Waals surface area contributed by atoms with Gasteiger partial charge >= 0.3 is 5.97 Å². The van der Waals surface area contributed by atoms with E-state index in [0.29, 0.717) is 13.2 Å². The van der Waals surface area contributed by atoms with Crippen molar-refractivity contribution < 1.29 is 19.1 Å². The highest BCUT2D eigenvalue weighted by Gasteiger charge is 2.33. The first-order chi connectivity index (χ1) is 9.66. The van der Waals surface area contributed by atoms with Gasteiger partial charge in [0, 0.05) is 18.3 Å². The van der Waals surface area contributed by atoms with Gasteiger partial charge in [-0.3, -0.25) is 4.79 Å². The average molecular weight is 357 g/mol. The third-order valence-corrected chi connectivity index (χ3v) is 3.11. The number of halogens is 3. The summed E-state index contributed by atoms with van der Waals surface area (Å²) in [6.45, 7) is 4.54. The first kappa shape index (κ1) is 18.3. The predicted molar refractivity (Wildman–Crippen MR) is 81.5 cm³/mol. The summed E-state index contributed by atoms with van der Waals surface area (Å²) in [5.41, 5.74) is 0.322. The Balaban J connectivity index is 3.02. The molecule has 0 radical (unpaired) electrons. The molecule has 0 fully saturated rings. The van der Waals surface area contributed by atoms with Crippen LogP contribution in [0.25, 0.3) is 0 Å². The number of carbonyl (C=O) groups excluding carboxylic acids is 2. The van der Waals surface area contributed by atoms with E-state index >= 15 is 0 Å². The maximum absolute atomic E-state index is 11.9. The second-order valence-corrected chi connectivity index (χ2v) is 6.83. The molecule has 0 saturated carbocycles. The number of aromatic nitrogens is 1. The number of Topliss-reactive ketones (excluding diaryl/α,β-unsaturated/α-hetero) is 1. The van der Waals surface area contributed by atoms with Crippen LogP contribution < -0.4 is 0 Å². The second-order valence-electron chi connectivity index (χ2n) is 4.55. The van der Waals surface area contributed by atoms with E-state index in [1.54, 1.807) is 0 Å². The first-order valence-corrected chi connectivity index (χ1v) is 7.31. The number of hydrogen-bond acceptors (Lipinski definition) is 4. The SMILES string of the molecule is COC(=O)c1cc(C(=O)C(Cl)(Cl)Cl)cn1CCOC(C)C. The molecular formula is C13H16Cl3NO4. The summed E-state index contributed by atoms with van der Waals surface area (Å²) >= 11 is 16.7. The molecule has 1 aromatic rings. The zero-order valence-electron chi connectivity index (χ0n) is 11.9. The molecule has 0 atom stereocenters. The van der Waals surface area contributed by atoms with Gasteiger partial charge in [0.05, 0.1) is 19.8 Å². The smallest absolute Gasteiger partial charge is 0.354 e. The lowest BCUT2D eigenvalue weighted by Crippen LogP contribution is -2.18. The maximum Gasteiger partial charge on any atom is 0.354 e. The molecule has 1 aromatic heterocycles. The van der Waals surface area contributed by atoms with Crippen LogP contribution in [0, 0.1) is 0 Å². The minimum Gasteiger partial charge on any atom is -0.464 e. The standard InChI is InChI=1S/C13H16Cl3NO4/c1-8(2)21-5-4-17-7-9(11(18)13(14,15)16)6-10(17)12(19)20-3/h6-8H,4-5H2,1-3H3. The first-order valence-electron chi connectivity index (χ1n) is 6.18. The van der Waals surface area contributed by atoms with Crippen LogP contribution in [0.3, 0.4) is 0 Å². The van der Waals surface area contributed by atoms with Gasteiger partial charge in [0.15, 0.2) is 0 Å². The summed E-state index contributed by atoms with van der Waals surface area (Å²) in [7, 11) is 1.25. The van der Waals surface area contributed by atoms with Crippen LogP contribution in [0.4, 0.5) is 0 Å². The van der Waals surface area contributed by atoms with Crippen molar-refractivity contribution in [3.63, 3.8) is 0 Å². The summed E-state index contributed by atoms with van der Waals surface area (Å²) in [4.78, 5) is 23.7. The van der Waals surface area contributed by atoms with E-state index in [0.717, 1.165) is 0 Å². The Hall–Kier alpha value is -0.750. The summed E-state index contributed by atoms with van der Waals surface area (Å²) in [6, 6.07) is 1.34. The molecule has 1 rings (SSSR count). The van der Waals surface area contributed by atoms with Gasteiger partial charge in [-0.15, -0.1) is 0 Å². The van der Waals surface area contributed by atoms with Crippen molar-refractivity contribution in [2.75, 3.05) is 13.7 Å². The molecule has 21 heavy (non-hydrogen) atoms. The summed E-state index contributed by atoms with van der Waals surface area (Å²) < 4.78 is 9.55. The quantitative estimate of drug-likeness (QED) is 0.446. The number of nitrogens with zero attached hydrogens (tertiary/aromatic N) is 1. The normalized spacial score (nSPS) is 11.8. The van der Waals surface area contributed by atoms with Crippen LogP contribution in [0.1, 0.15) is 34.7 Å². The molecule has 0 spiro atoms. The molecule has 0 unspecified atom stereocenters. The van der Waals surface area contributed by atoms with Gasteiger partial charge in [0.1, 0.15) is 5.69 Å². The molecule has 118 valence electrons. The van der Waals surface area contributed by atoms with Crippen molar-refractivity contribution in [2.24, 2.45) is 0 Å². The fourth-order valence-electron chi connectivity index (χ4n) is 1.65. The Bertz CT molecular complexity index is 520. The van der Waals surface area contributed by atoms with E-state index in [1.165, 1.54) is 23.9 Å². The van der Waals surface area contributed by atoms with Crippen molar-refractivity contribution in [3.05, 3.63) is 23.5 Å². The van der Waals surface area contributed by atoms with E-state index in [1.807, 2.05) is 13.8 Å². The number of rotatable bonds is 6. The lowest BCUT2D eigenvalue weighted by Gasteiger charge is -2.10. The van der Waals surface area contributed by atoms with Crippen molar-refractivity contribution in [3.8, 4) is 0 Å². The second kappa shape index (κ2) is 7.49. The van der Waals surface area contributed by atoms with Gasteiger partial charge in [0.2, 0.25) is 5.78 Å². The molecule has 0 bridgehead atoms. The summed E-state index contributed by atoms with van der Waals surface area (Å²) in [5.74, 6) is -1.29. The number of ether oxygens (including phenoxy) is 2. The van der Waals surface area contributed by atoms with Crippen LogP contribution in [0.15, 0.2) is 12.3 Å². The lowest BCUT2D eigenvalue weighted by molar-refractivity contribution is 0.0570. The molecule has 1 heterocycles. The Kier molecular flexibility index (Phi) is 6.53. The Morgan fingerprint density at radius 2 is 1.95 bits per heavy atom. The van der Waals surface area contributed by atoms with Crippen LogP contribution in [0.5, 0.6) is 0 Å². The molecule has 0 amide bonds. The predicted octanol–water partition coefficient (Wildman–Crippen LogP) is 3.25. The number of methoxy groups -OCH3 is 1. The van der Waals surface area contributed by atoms with Crippen molar-refractivity contribution in [1.29, 1.82) is 0 Å². The topological polar surface area (TPSA) is 57.5 Å². The van der Waals surface area contributed by atoms with Gasteiger partial charge in [-0.2, -0.15) is 0 Å². The molecule has 0 N–H and O–H groups in total. The van der Waals surface area contributed by atoms with E-state index in [4.69, 9.17) is 39.5 Å². The molecule has 5 nitrogen and oxygen atoms in total. The zero-order valence-corrected chi connectivity index (χ0v) is 14.1. The summed E-state index contributed by atoms with van der Waals surface area (Å²) in [5, 5.41) is 0. The monoisotopic (exact) mass is 355 g/mol. The highest BCUT2D eigenvalue weighted by atomic mass is 35.6. The molecule has 0 aliphatic rings. The van der Waals surface area contributed by atoms with Crippen molar-refractivity contribution in [2.45, 2.75) is 30.3 Å². The number of hydrogen-bond donors (Lipinski definition) is 0. The average Bonchev–Trinajstić information content (AvgIpc) is 2.79. The van der Waals surface area contributed by atoms with Gasteiger partial charge in [-0.05, 0) is 19.9 Å². The summed E-state index contributed by atoms with van der Waals surface area (Å²) in [6.07, 6.45) is 1.50. The Labute approximate surface area is 138 Å². The number of alkyl halides is 3. The van der Waals surface area contributed by atoms with E-state index in [9.17, 15) is 9.59 Å². The van der Waals surface area contributed by atoms with E-state index < -0.39 is 15.5 Å². The van der Waals surface area contributed by atoms with Crippen LogP contribution in [0.2, 0.25) is 0 Å². The number of ketones is 1. The van der Waals surface area contributed by atoms with Crippen LogP contribution in [-0.4, -0.2) is 39.9 Å². The third-order valence-electron chi connectivity index (χ3n) is 2.59. The largest absolute Gasteiger partial charge is 0.464 e. The van der Waals surface area contributed by atoms with E-state index in [-0.39, 0.29) is 17.4 Å². The Morgan fingerprint density at radius 1 is 1.33 bits per heavy atom. The molecule has 0 aliphatic carbocycles. The highest BCUT2D eigenvalue weighted by molar-refractivity contribution is 6.77. The van der Waals surface area contributed by atoms with Gasteiger partial charge < -0.3 is 14.0 Å². The highest BCUT2D eigenvalue weighted by Crippen LogP contribution is 2.31. The molecule has 8 heteroatoms. The van der Waals surface area contributed by atoms with Crippen LogP contribution in [-0.2, 0) is 16.0 Å². The fraction of sp³-hybridized carbons (Fsp3) is 0.538. The molecule has 0 aliphatic heterocycles. The maximum atomic E-state index is 11.9. The fourth-order valence-corrected chi connectivity index (χ4v) is 1.97. The van der Waals surface area contributed by atoms with Gasteiger partial charge in [-0.1, -0.05) is 34.8 Å². The Morgan fingerprint density at radius 3 is 2.43 bits per heavy atom. The van der Waals surface area contributed by atoms with Crippen molar-refractivity contribution >= 4 is 46.6 Å². The minimum absolute atomic E-state index is 0.0596. The van der Waals surface area contributed by atoms with Gasteiger partial charge in [-0.25, -0.2) is 4.79 Å². The van der Waals surface area contributed by atoms with Gasteiger partial charge in [0.25, 0.3) is 3.79 Å². The minimum atomic E-state index is -2.08. The molecule has 0 saturated heterocycles.